The minimum atomic E-state index is -0.470. The number of pyridine rings is 1. The van der Waals surface area contributed by atoms with Crippen LogP contribution in [0.25, 0.3) is 10.9 Å². The molecule has 136 valence electrons. The predicted octanol–water partition coefficient (Wildman–Crippen LogP) is 3.12. The molecule has 27 heavy (non-hydrogen) atoms. The average Bonchev–Trinajstić information content (AvgIpc) is 2.70. The van der Waals surface area contributed by atoms with Crippen LogP contribution in [-0.2, 0) is 6.42 Å². The number of non-ortho nitro benzene ring substituents is 1. The lowest BCUT2D eigenvalue weighted by Gasteiger charge is -2.25. The van der Waals surface area contributed by atoms with Gasteiger partial charge >= 0.3 is 0 Å². The SMILES string of the molecule is O=C(NC[C@@H]1COc2ccccc2C1)c1ccc([N+](=O)[O-])c2cccnc12. The van der Waals surface area contributed by atoms with E-state index in [9.17, 15) is 14.9 Å². The molecule has 0 spiro atoms. The van der Waals surface area contributed by atoms with Crippen LogP contribution in [-0.4, -0.2) is 29.0 Å². The monoisotopic (exact) mass is 363 g/mol. The molecule has 2 aromatic carbocycles. The molecule has 2 heterocycles. The number of amides is 1. The summed E-state index contributed by atoms with van der Waals surface area (Å²) in [6.07, 6.45) is 2.35. The highest BCUT2D eigenvalue weighted by Crippen LogP contribution is 2.28. The van der Waals surface area contributed by atoms with E-state index in [1.165, 1.54) is 18.3 Å². The second-order valence-electron chi connectivity index (χ2n) is 6.49. The fourth-order valence-corrected chi connectivity index (χ4v) is 3.35. The molecule has 7 nitrogen and oxygen atoms in total. The first-order valence-corrected chi connectivity index (χ1v) is 8.64. The second-order valence-corrected chi connectivity index (χ2v) is 6.49. The van der Waals surface area contributed by atoms with E-state index in [2.05, 4.69) is 10.3 Å². The average molecular weight is 363 g/mol. The molecule has 3 aromatic rings. The van der Waals surface area contributed by atoms with Gasteiger partial charge in [0.1, 0.15) is 5.75 Å². The number of nitrogens with one attached hydrogen (secondary N) is 1. The fourth-order valence-electron chi connectivity index (χ4n) is 3.35. The number of hydrogen-bond acceptors (Lipinski definition) is 5. The Labute approximate surface area is 155 Å². The standard InChI is InChI=1S/C20H17N3O4/c24-20(22-11-13-10-14-4-1-2-6-18(14)27-12-13)16-7-8-17(23(25)26)15-5-3-9-21-19(15)16/h1-9,13H,10-12H2,(H,22,24)/t13-/m1/s1. The molecule has 1 aliphatic rings. The third-order valence-corrected chi connectivity index (χ3v) is 4.70. The summed E-state index contributed by atoms with van der Waals surface area (Å²) in [7, 11) is 0. The van der Waals surface area contributed by atoms with Crippen molar-refractivity contribution >= 4 is 22.5 Å². The number of aromatic nitrogens is 1. The topological polar surface area (TPSA) is 94.4 Å². The van der Waals surface area contributed by atoms with Crippen LogP contribution in [0.15, 0.2) is 54.7 Å². The first kappa shape index (κ1) is 17.0. The van der Waals surface area contributed by atoms with Crippen molar-refractivity contribution in [2.24, 2.45) is 5.92 Å². The number of benzene rings is 2. The number of rotatable bonds is 4. The van der Waals surface area contributed by atoms with Crippen LogP contribution >= 0.6 is 0 Å². The van der Waals surface area contributed by atoms with Crippen molar-refractivity contribution in [2.75, 3.05) is 13.2 Å². The van der Waals surface area contributed by atoms with Gasteiger partial charge in [-0.2, -0.15) is 0 Å². The molecule has 0 bridgehead atoms. The van der Waals surface area contributed by atoms with E-state index in [0.29, 0.717) is 29.6 Å². The first-order chi connectivity index (χ1) is 13.1. The van der Waals surface area contributed by atoms with E-state index < -0.39 is 4.92 Å². The highest BCUT2D eigenvalue weighted by Gasteiger charge is 2.22. The predicted molar refractivity (Wildman–Crippen MR) is 99.9 cm³/mol. The number of carbonyl (C=O) groups is 1. The highest BCUT2D eigenvalue weighted by atomic mass is 16.6. The summed E-state index contributed by atoms with van der Waals surface area (Å²) in [4.78, 5) is 27.6. The largest absolute Gasteiger partial charge is 0.493 e. The van der Waals surface area contributed by atoms with Crippen LogP contribution in [0.5, 0.6) is 5.75 Å². The molecule has 0 aliphatic carbocycles. The molecule has 0 saturated carbocycles. The Bertz CT molecular complexity index is 1030. The number of hydrogen-bond donors (Lipinski definition) is 1. The van der Waals surface area contributed by atoms with Crippen LogP contribution in [0, 0.1) is 16.0 Å². The van der Waals surface area contributed by atoms with Gasteiger partial charge in [0.25, 0.3) is 11.6 Å². The van der Waals surface area contributed by atoms with Gasteiger partial charge in [-0.05, 0) is 36.2 Å². The Morgan fingerprint density at radius 3 is 2.93 bits per heavy atom. The van der Waals surface area contributed by atoms with Crippen LogP contribution < -0.4 is 10.1 Å². The molecule has 0 saturated heterocycles. The van der Waals surface area contributed by atoms with Crippen molar-refractivity contribution < 1.29 is 14.5 Å². The van der Waals surface area contributed by atoms with Crippen molar-refractivity contribution in [1.29, 1.82) is 0 Å². The van der Waals surface area contributed by atoms with Crippen LogP contribution in [0.4, 0.5) is 5.69 Å². The third-order valence-electron chi connectivity index (χ3n) is 4.70. The van der Waals surface area contributed by atoms with Crippen molar-refractivity contribution in [3.63, 3.8) is 0 Å². The van der Waals surface area contributed by atoms with Crippen molar-refractivity contribution in [3.05, 3.63) is 76.0 Å². The zero-order valence-electron chi connectivity index (χ0n) is 14.4. The number of ether oxygens (including phenoxy) is 1. The van der Waals surface area contributed by atoms with Gasteiger partial charge in [-0.1, -0.05) is 18.2 Å². The Kier molecular flexibility index (Phi) is 4.42. The maximum atomic E-state index is 12.7. The lowest BCUT2D eigenvalue weighted by atomic mass is 9.96. The van der Waals surface area contributed by atoms with Gasteiger partial charge in [0, 0.05) is 24.7 Å². The molecule has 4 rings (SSSR count). The third kappa shape index (κ3) is 3.31. The van der Waals surface area contributed by atoms with Crippen LogP contribution in [0.2, 0.25) is 0 Å². The Hall–Kier alpha value is -3.48. The summed E-state index contributed by atoms with van der Waals surface area (Å²) in [6, 6.07) is 13.9. The molecule has 7 heteroatoms. The van der Waals surface area contributed by atoms with Gasteiger partial charge in [0.2, 0.25) is 0 Å². The molecule has 1 N–H and O–H groups in total. The number of nitro benzene ring substituents is 1. The van der Waals surface area contributed by atoms with Crippen molar-refractivity contribution in [2.45, 2.75) is 6.42 Å². The second kappa shape index (κ2) is 7.03. The molecule has 1 aliphatic heterocycles. The molecule has 0 radical (unpaired) electrons. The number of fused-ring (bicyclic) bond motifs is 2. The fraction of sp³-hybridized carbons (Fsp3) is 0.200. The molecule has 0 unspecified atom stereocenters. The maximum Gasteiger partial charge on any atom is 0.278 e. The quantitative estimate of drug-likeness (QED) is 0.568. The summed E-state index contributed by atoms with van der Waals surface area (Å²) in [5.41, 5.74) is 1.72. The Morgan fingerprint density at radius 2 is 2.07 bits per heavy atom. The minimum absolute atomic E-state index is 0.0630. The zero-order chi connectivity index (χ0) is 18.8. The van der Waals surface area contributed by atoms with E-state index in [4.69, 9.17) is 4.74 Å². The summed E-state index contributed by atoms with van der Waals surface area (Å²) in [5, 5.41) is 14.5. The van der Waals surface area contributed by atoms with E-state index >= 15 is 0 Å². The van der Waals surface area contributed by atoms with E-state index in [1.54, 1.807) is 12.1 Å². The zero-order valence-corrected chi connectivity index (χ0v) is 14.4. The molecular formula is C20H17N3O4. The van der Waals surface area contributed by atoms with Crippen LogP contribution in [0.3, 0.4) is 0 Å². The molecule has 1 atom stereocenters. The normalized spacial score (nSPS) is 15.6. The number of carbonyl (C=O) groups excluding carboxylic acids is 1. The van der Waals surface area contributed by atoms with Gasteiger partial charge in [-0.15, -0.1) is 0 Å². The lowest BCUT2D eigenvalue weighted by molar-refractivity contribution is -0.383. The minimum Gasteiger partial charge on any atom is -0.493 e. The van der Waals surface area contributed by atoms with Gasteiger partial charge in [-0.25, -0.2) is 0 Å². The maximum absolute atomic E-state index is 12.7. The van der Waals surface area contributed by atoms with Gasteiger partial charge in [-0.3, -0.25) is 19.9 Å². The number of para-hydroxylation sites is 1. The Morgan fingerprint density at radius 1 is 1.22 bits per heavy atom. The molecule has 1 aromatic heterocycles. The molecular weight excluding hydrogens is 346 g/mol. The van der Waals surface area contributed by atoms with Crippen molar-refractivity contribution in [1.82, 2.24) is 10.3 Å². The summed E-state index contributed by atoms with van der Waals surface area (Å²) in [6.45, 7) is 0.995. The van der Waals surface area contributed by atoms with Gasteiger partial charge in [0.05, 0.1) is 28.0 Å². The Balaban J connectivity index is 1.51. The molecule has 1 amide bonds. The van der Waals surface area contributed by atoms with E-state index in [0.717, 1.165) is 17.7 Å². The van der Waals surface area contributed by atoms with Gasteiger partial charge in [0.15, 0.2) is 0 Å². The van der Waals surface area contributed by atoms with E-state index in [1.807, 2.05) is 24.3 Å². The number of nitro groups is 1. The van der Waals surface area contributed by atoms with E-state index in [-0.39, 0.29) is 17.5 Å². The molecule has 0 fully saturated rings. The lowest BCUT2D eigenvalue weighted by Crippen LogP contribution is -2.34. The summed E-state index contributed by atoms with van der Waals surface area (Å²) < 4.78 is 5.75. The summed E-state index contributed by atoms with van der Waals surface area (Å²) in [5.74, 6) is 0.763. The van der Waals surface area contributed by atoms with Crippen molar-refractivity contribution in [3.8, 4) is 5.75 Å². The smallest absolute Gasteiger partial charge is 0.278 e. The van der Waals surface area contributed by atoms with Gasteiger partial charge < -0.3 is 10.1 Å². The number of nitrogens with zero attached hydrogens (tertiary/aromatic N) is 2. The summed E-state index contributed by atoms with van der Waals surface area (Å²) >= 11 is 0. The first-order valence-electron chi connectivity index (χ1n) is 8.64. The van der Waals surface area contributed by atoms with Crippen LogP contribution in [0.1, 0.15) is 15.9 Å². The highest BCUT2D eigenvalue weighted by molar-refractivity contribution is 6.07.